The Morgan fingerprint density at radius 1 is 1.17 bits per heavy atom. The quantitative estimate of drug-likeness (QED) is 0.534. The van der Waals surface area contributed by atoms with Crippen molar-refractivity contribution in [1.29, 1.82) is 0 Å². The molecule has 1 aliphatic heterocycles. The Morgan fingerprint density at radius 3 is 2.69 bits per heavy atom. The van der Waals surface area contributed by atoms with Crippen LogP contribution in [0.25, 0.3) is 16.2 Å². The summed E-state index contributed by atoms with van der Waals surface area (Å²) >= 11 is 8.07. The molecule has 2 aromatic carbocycles. The van der Waals surface area contributed by atoms with Crippen LogP contribution in [0, 0.1) is 0 Å². The Hall–Kier alpha value is -2.34. The van der Waals surface area contributed by atoms with E-state index in [4.69, 9.17) is 16.3 Å². The molecular weight excluding hydrogens is 404 g/mol. The molecule has 150 valence electrons. The lowest BCUT2D eigenvalue weighted by atomic mass is 10.1. The van der Waals surface area contributed by atoms with Gasteiger partial charge in [0.1, 0.15) is 0 Å². The molecular formula is C23H23ClN2O2S. The molecule has 2 heterocycles. The SMILES string of the molecule is CN(Cc1ccccc1N1CCOCC1)C(=O)C=Cc1sc2ccccc2c1Cl. The molecule has 0 radical (unpaired) electrons. The number of anilines is 1. The Balaban J connectivity index is 1.47. The predicted molar refractivity (Wildman–Crippen MR) is 122 cm³/mol. The van der Waals surface area contributed by atoms with E-state index >= 15 is 0 Å². The number of likely N-dealkylation sites (N-methyl/N-ethyl adjacent to an activating group) is 1. The standard InChI is InChI=1S/C23H23ClN2O2S/c1-25(16-17-6-2-4-8-19(17)26-12-14-28-15-13-26)22(27)11-10-21-23(24)18-7-3-5-9-20(18)29-21/h2-11H,12-16H2,1H3. The number of benzene rings is 2. The molecule has 1 saturated heterocycles. The van der Waals surface area contributed by atoms with Crippen LogP contribution in [0.2, 0.25) is 5.02 Å². The number of fused-ring (bicyclic) bond motifs is 1. The van der Waals surface area contributed by atoms with Crippen LogP contribution in [-0.4, -0.2) is 44.2 Å². The fourth-order valence-electron chi connectivity index (χ4n) is 3.51. The van der Waals surface area contributed by atoms with E-state index in [1.807, 2.05) is 49.5 Å². The molecule has 1 aliphatic rings. The summed E-state index contributed by atoms with van der Waals surface area (Å²) in [7, 11) is 1.83. The first-order valence-electron chi connectivity index (χ1n) is 9.64. The molecule has 0 unspecified atom stereocenters. The molecule has 3 aromatic rings. The maximum atomic E-state index is 12.7. The van der Waals surface area contributed by atoms with E-state index in [0.29, 0.717) is 11.6 Å². The monoisotopic (exact) mass is 426 g/mol. The highest BCUT2D eigenvalue weighted by Crippen LogP contribution is 2.36. The van der Waals surface area contributed by atoms with Crippen molar-refractivity contribution >= 4 is 50.7 Å². The lowest BCUT2D eigenvalue weighted by Crippen LogP contribution is -2.37. The van der Waals surface area contributed by atoms with Gasteiger partial charge in [0.05, 0.1) is 18.2 Å². The van der Waals surface area contributed by atoms with Gasteiger partial charge < -0.3 is 14.5 Å². The summed E-state index contributed by atoms with van der Waals surface area (Å²) in [4.78, 5) is 17.7. The predicted octanol–water partition coefficient (Wildman–Crippen LogP) is 5.06. The molecule has 4 nitrogen and oxygen atoms in total. The zero-order valence-corrected chi connectivity index (χ0v) is 17.9. The van der Waals surface area contributed by atoms with Crippen molar-refractivity contribution < 1.29 is 9.53 Å². The minimum absolute atomic E-state index is 0.0460. The van der Waals surface area contributed by atoms with E-state index in [-0.39, 0.29) is 5.91 Å². The Labute approximate surface area is 179 Å². The number of morpholine rings is 1. The molecule has 0 bridgehead atoms. The van der Waals surface area contributed by atoms with Crippen molar-refractivity contribution in [3.8, 4) is 0 Å². The first kappa shape index (κ1) is 20.0. The zero-order valence-electron chi connectivity index (χ0n) is 16.3. The number of halogens is 1. The van der Waals surface area contributed by atoms with Crippen LogP contribution in [0.5, 0.6) is 0 Å². The second kappa shape index (κ2) is 8.99. The van der Waals surface area contributed by atoms with Gasteiger partial charge in [0.15, 0.2) is 0 Å². The van der Waals surface area contributed by atoms with Crippen molar-refractivity contribution in [2.24, 2.45) is 0 Å². The zero-order chi connectivity index (χ0) is 20.2. The molecule has 1 aromatic heterocycles. The first-order chi connectivity index (χ1) is 14.1. The summed E-state index contributed by atoms with van der Waals surface area (Å²) in [6, 6.07) is 16.3. The molecule has 0 N–H and O–H groups in total. The second-order valence-electron chi connectivity index (χ2n) is 7.03. The highest BCUT2D eigenvalue weighted by atomic mass is 35.5. The van der Waals surface area contributed by atoms with Crippen molar-refractivity contribution in [2.75, 3.05) is 38.3 Å². The molecule has 0 saturated carbocycles. The maximum Gasteiger partial charge on any atom is 0.246 e. The summed E-state index contributed by atoms with van der Waals surface area (Å²) < 4.78 is 6.58. The summed E-state index contributed by atoms with van der Waals surface area (Å²) in [5, 5.41) is 1.73. The second-order valence-corrected chi connectivity index (χ2v) is 8.49. The molecule has 29 heavy (non-hydrogen) atoms. The van der Waals surface area contributed by atoms with E-state index in [2.05, 4.69) is 17.0 Å². The van der Waals surface area contributed by atoms with E-state index in [1.54, 1.807) is 22.3 Å². The van der Waals surface area contributed by atoms with Gasteiger partial charge in [0.2, 0.25) is 5.91 Å². The Bertz CT molecular complexity index is 1040. The maximum absolute atomic E-state index is 12.7. The lowest BCUT2D eigenvalue weighted by Gasteiger charge is -2.31. The van der Waals surface area contributed by atoms with Crippen molar-refractivity contribution in [3.63, 3.8) is 0 Å². The number of hydrogen-bond donors (Lipinski definition) is 0. The van der Waals surface area contributed by atoms with E-state index in [9.17, 15) is 4.79 Å². The third-order valence-corrected chi connectivity index (χ3v) is 6.72. The normalized spacial score (nSPS) is 14.6. The van der Waals surface area contributed by atoms with Crippen LogP contribution in [0.15, 0.2) is 54.6 Å². The first-order valence-corrected chi connectivity index (χ1v) is 10.8. The third kappa shape index (κ3) is 4.47. The average molecular weight is 427 g/mol. The number of carbonyl (C=O) groups is 1. The van der Waals surface area contributed by atoms with Crippen LogP contribution in [0.4, 0.5) is 5.69 Å². The number of amides is 1. The van der Waals surface area contributed by atoms with Gasteiger partial charge in [-0.3, -0.25) is 4.79 Å². The van der Waals surface area contributed by atoms with E-state index in [0.717, 1.165) is 46.8 Å². The summed E-state index contributed by atoms with van der Waals surface area (Å²) in [5.74, 6) is -0.0460. The molecule has 6 heteroatoms. The van der Waals surface area contributed by atoms with Gasteiger partial charge in [0, 0.05) is 53.4 Å². The molecule has 0 atom stereocenters. The molecule has 1 fully saturated rings. The number of hydrogen-bond acceptors (Lipinski definition) is 4. The third-order valence-electron chi connectivity index (χ3n) is 5.06. The van der Waals surface area contributed by atoms with E-state index in [1.165, 1.54) is 5.69 Å². The van der Waals surface area contributed by atoms with Gasteiger partial charge >= 0.3 is 0 Å². The topological polar surface area (TPSA) is 32.8 Å². The number of carbonyl (C=O) groups excluding carboxylic acids is 1. The smallest absolute Gasteiger partial charge is 0.246 e. The Morgan fingerprint density at radius 2 is 1.90 bits per heavy atom. The molecule has 0 spiro atoms. The van der Waals surface area contributed by atoms with Crippen molar-refractivity contribution in [2.45, 2.75) is 6.54 Å². The van der Waals surface area contributed by atoms with Gasteiger partial charge in [-0.15, -0.1) is 11.3 Å². The van der Waals surface area contributed by atoms with Gasteiger partial charge in [-0.1, -0.05) is 48.0 Å². The van der Waals surface area contributed by atoms with Crippen LogP contribution < -0.4 is 4.90 Å². The molecule has 1 amide bonds. The number of rotatable bonds is 5. The minimum Gasteiger partial charge on any atom is -0.378 e. The van der Waals surface area contributed by atoms with Crippen molar-refractivity contribution in [3.05, 3.63) is 70.1 Å². The molecule has 0 aliphatic carbocycles. The average Bonchev–Trinajstić information content (AvgIpc) is 3.09. The number of thiophene rings is 1. The minimum atomic E-state index is -0.0460. The number of ether oxygens (including phenoxy) is 1. The summed E-state index contributed by atoms with van der Waals surface area (Å²) in [5.41, 5.74) is 2.31. The van der Waals surface area contributed by atoms with Crippen LogP contribution in [0.3, 0.4) is 0 Å². The van der Waals surface area contributed by atoms with Gasteiger partial charge in [-0.25, -0.2) is 0 Å². The van der Waals surface area contributed by atoms with Gasteiger partial charge in [0.25, 0.3) is 0 Å². The van der Waals surface area contributed by atoms with E-state index < -0.39 is 0 Å². The van der Waals surface area contributed by atoms with Crippen LogP contribution >= 0.6 is 22.9 Å². The summed E-state index contributed by atoms with van der Waals surface area (Å²) in [6.07, 6.45) is 3.42. The fourth-order valence-corrected chi connectivity index (χ4v) is 4.90. The largest absolute Gasteiger partial charge is 0.378 e. The van der Waals surface area contributed by atoms with Gasteiger partial charge in [-0.2, -0.15) is 0 Å². The Kier molecular flexibility index (Phi) is 6.19. The highest BCUT2D eigenvalue weighted by Gasteiger charge is 2.16. The highest BCUT2D eigenvalue weighted by molar-refractivity contribution is 7.20. The van der Waals surface area contributed by atoms with Crippen molar-refractivity contribution in [1.82, 2.24) is 4.90 Å². The number of nitrogens with zero attached hydrogens (tertiary/aromatic N) is 2. The fraction of sp³-hybridized carbons (Fsp3) is 0.261. The summed E-state index contributed by atoms with van der Waals surface area (Å²) in [6.45, 7) is 3.78. The lowest BCUT2D eigenvalue weighted by molar-refractivity contribution is -0.125. The van der Waals surface area contributed by atoms with Gasteiger partial charge in [-0.05, 0) is 23.8 Å². The van der Waals surface area contributed by atoms with Crippen LogP contribution in [0.1, 0.15) is 10.4 Å². The number of para-hydroxylation sites is 1. The van der Waals surface area contributed by atoms with Crippen LogP contribution in [-0.2, 0) is 16.1 Å². The molecule has 4 rings (SSSR count).